The van der Waals surface area contributed by atoms with Gasteiger partial charge in [0.2, 0.25) is 0 Å². The minimum absolute atomic E-state index is 0.0255. The molecular weight excluding hydrogens is 589 g/mol. The Bertz CT molecular complexity index is 1090. The number of rotatable bonds is 4. The maximum absolute atomic E-state index is 9.97. The Labute approximate surface area is 227 Å². The van der Waals surface area contributed by atoms with Crippen molar-refractivity contribution in [1.82, 2.24) is 13.6 Å². The molecule has 0 unspecified atom stereocenters. The van der Waals surface area contributed by atoms with Gasteiger partial charge in [0.1, 0.15) is 6.20 Å². The van der Waals surface area contributed by atoms with Crippen LogP contribution in [0.5, 0.6) is 0 Å². The van der Waals surface area contributed by atoms with E-state index in [-0.39, 0.29) is 21.4 Å². The maximum atomic E-state index is 9.97. The quantitative estimate of drug-likeness (QED) is 0.114. The first kappa shape index (κ1) is 28.0. The summed E-state index contributed by atoms with van der Waals surface area (Å²) in [5.74, 6) is 0. The molecule has 2 heterocycles. The van der Waals surface area contributed by atoms with E-state index >= 15 is 0 Å². The first-order chi connectivity index (χ1) is 17.0. The molecule has 10 heteroatoms. The van der Waals surface area contributed by atoms with Crippen LogP contribution in [0.1, 0.15) is 24.5 Å². The third-order valence-corrected chi connectivity index (χ3v) is 9.41. The van der Waals surface area contributed by atoms with E-state index in [1.165, 1.54) is 70.4 Å². The zero-order chi connectivity index (χ0) is 25.2. The Morgan fingerprint density at radius 1 is 0.971 bits per heavy atom. The van der Waals surface area contributed by atoms with Gasteiger partial charge in [-0.25, -0.2) is 8.61 Å². The standard InChI is InChI=1S/C13H8.C7H16N2S2.C5H4N2O2.ClH.Ru/c1-3-7-12-10(5-1)9-11-6-2-4-8-13(11)12;1-4-7-8(10-2)5-6-9(7)11-3;8-7(9)5-2-1-3-6-4-5;;/h1-8H;7H,4-6H2,1-3H3;1-4H;1H;/q;;;;+1/p-1. The molecule has 3 aromatic rings. The Kier molecular flexibility index (Phi) is 11.4. The summed E-state index contributed by atoms with van der Waals surface area (Å²) in [6.45, 7) is 4.67. The van der Waals surface area contributed by atoms with Gasteiger partial charge in [-0.3, -0.25) is 15.1 Å². The van der Waals surface area contributed by atoms with Crippen molar-refractivity contribution >= 4 is 43.4 Å². The van der Waals surface area contributed by atoms with Crippen LogP contribution in [0, 0.1) is 10.1 Å². The SMILES string of the molecule is CCC1N(SC)CCN1SC.O=[N+]([O-])c1cccnc1.[Cl][Ru]=[C]1c2ccccc2-c2ccccc21. The summed E-state index contributed by atoms with van der Waals surface area (Å²) in [5.41, 5.74) is 5.34. The van der Waals surface area contributed by atoms with Gasteiger partial charge in [0.25, 0.3) is 5.69 Å². The molecular formula is C25H28ClN4O2RuS2. The van der Waals surface area contributed by atoms with Gasteiger partial charge in [0.05, 0.1) is 11.1 Å². The number of fused-ring (bicyclic) bond motifs is 3. The van der Waals surface area contributed by atoms with Gasteiger partial charge in [-0.15, -0.1) is 0 Å². The first-order valence-corrected chi connectivity index (χ1v) is 16.5. The van der Waals surface area contributed by atoms with Gasteiger partial charge < -0.3 is 0 Å². The average molecular weight is 617 g/mol. The van der Waals surface area contributed by atoms with Crippen molar-refractivity contribution in [3.05, 3.63) is 94.3 Å². The van der Waals surface area contributed by atoms with E-state index in [9.17, 15) is 10.1 Å². The molecule has 0 spiro atoms. The van der Waals surface area contributed by atoms with E-state index in [1.807, 2.05) is 23.9 Å². The Morgan fingerprint density at radius 3 is 1.83 bits per heavy atom. The predicted octanol–water partition coefficient (Wildman–Crippen LogP) is 6.36. The number of pyridine rings is 1. The van der Waals surface area contributed by atoms with E-state index in [0.717, 1.165) is 0 Å². The second kappa shape index (κ2) is 14.2. The third kappa shape index (κ3) is 7.00. The molecule has 0 saturated carbocycles. The van der Waals surface area contributed by atoms with Crippen molar-refractivity contribution in [2.45, 2.75) is 19.5 Å². The number of hydrogen-bond acceptors (Lipinski definition) is 7. The van der Waals surface area contributed by atoms with Crippen molar-refractivity contribution in [3.8, 4) is 11.1 Å². The van der Waals surface area contributed by atoms with Crippen LogP contribution in [-0.2, 0) is 15.7 Å². The van der Waals surface area contributed by atoms with Gasteiger partial charge in [-0.05, 0) is 25.0 Å². The second-order valence-corrected chi connectivity index (χ2v) is 11.1. The molecule has 5 rings (SSSR count). The molecule has 0 radical (unpaired) electrons. The number of nitro groups is 1. The van der Waals surface area contributed by atoms with E-state index in [0.29, 0.717) is 6.17 Å². The molecule has 6 nitrogen and oxygen atoms in total. The summed E-state index contributed by atoms with van der Waals surface area (Å²) in [7, 11) is 6.12. The van der Waals surface area contributed by atoms with Gasteiger partial charge >= 0.3 is 100 Å². The van der Waals surface area contributed by atoms with Crippen LogP contribution in [0.15, 0.2) is 73.1 Å². The molecule has 1 aromatic heterocycles. The fourth-order valence-corrected chi connectivity index (χ4v) is 7.52. The molecule has 1 saturated heterocycles. The number of benzene rings is 2. The van der Waals surface area contributed by atoms with Crippen molar-refractivity contribution in [1.29, 1.82) is 0 Å². The summed E-state index contributed by atoms with van der Waals surface area (Å²) in [6.07, 6.45) is 8.90. The Balaban J connectivity index is 0.000000153. The second-order valence-electron chi connectivity index (χ2n) is 7.46. The van der Waals surface area contributed by atoms with Crippen molar-refractivity contribution in [3.63, 3.8) is 0 Å². The van der Waals surface area contributed by atoms with Gasteiger partial charge in [0.15, 0.2) is 0 Å². The molecule has 187 valence electrons. The van der Waals surface area contributed by atoms with Crippen LogP contribution in [0.3, 0.4) is 0 Å². The first-order valence-electron chi connectivity index (χ1n) is 11.0. The number of halogens is 1. The predicted molar refractivity (Wildman–Crippen MR) is 146 cm³/mol. The van der Waals surface area contributed by atoms with Crippen LogP contribution in [0.2, 0.25) is 0 Å². The van der Waals surface area contributed by atoms with Crippen LogP contribution >= 0.6 is 33.6 Å². The molecule has 0 bridgehead atoms. The fourth-order valence-electron chi connectivity index (χ4n) is 3.96. The van der Waals surface area contributed by atoms with Crippen LogP contribution in [-0.4, -0.2) is 54.4 Å². The average Bonchev–Trinajstić information content (AvgIpc) is 3.48. The van der Waals surface area contributed by atoms with Crippen LogP contribution in [0.4, 0.5) is 5.69 Å². The van der Waals surface area contributed by atoms with Crippen molar-refractivity contribution in [2.24, 2.45) is 0 Å². The number of aromatic nitrogens is 1. The van der Waals surface area contributed by atoms with Crippen molar-refractivity contribution < 1.29 is 20.6 Å². The minimum atomic E-state index is -0.479. The molecule has 35 heavy (non-hydrogen) atoms. The molecule has 2 aromatic carbocycles. The van der Waals surface area contributed by atoms with Gasteiger partial charge in [-0.2, -0.15) is 0 Å². The fraction of sp³-hybridized carbons (Fsp3) is 0.280. The van der Waals surface area contributed by atoms with Gasteiger partial charge in [0, 0.05) is 25.4 Å². The monoisotopic (exact) mass is 617 g/mol. The van der Waals surface area contributed by atoms with E-state index in [1.54, 1.807) is 0 Å². The summed E-state index contributed by atoms with van der Waals surface area (Å²) in [6, 6.07) is 19.9. The summed E-state index contributed by atoms with van der Waals surface area (Å²) >= 11 is 3.51. The molecule has 0 amide bonds. The Hall–Kier alpha value is -1.61. The molecule has 2 aliphatic rings. The van der Waals surface area contributed by atoms with E-state index < -0.39 is 4.92 Å². The molecule has 1 aliphatic heterocycles. The number of hydrogen-bond donors (Lipinski definition) is 0. The van der Waals surface area contributed by atoms with Crippen molar-refractivity contribution in [2.75, 3.05) is 25.6 Å². The normalized spacial score (nSPS) is 14.9. The van der Waals surface area contributed by atoms with Crippen LogP contribution < -0.4 is 0 Å². The molecule has 1 aliphatic carbocycles. The zero-order valence-electron chi connectivity index (χ0n) is 19.8. The molecule has 0 atom stereocenters. The molecule has 0 N–H and O–H groups in total. The summed E-state index contributed by atoms with van der Waals surface area (Å²) < 4.78 is 6.25. The third-order valence-electron chi connectivity index (χ3n) is 5.57. The topological polar surface area (TPSA) is 62.5 Å². The van der Waals surface area contributed by atoms with E-state index in [2.05, 4.69) is 81.6 Å². The summed E-state index contributed by atoms with van der Waals surface area (Å²) in [5, 5.41) is 9.97. The zero-order valence-corrected chi connectivity index (χ0v) is 23.9. The van der Waals surface area contributed by atoms with E-state index in [4.69, 9.17) is 9.69 Å². The number of nitrogens with zero attached hydrogens (tertiary/aromatic N) is 4. The Morgan fingerprint density at radius 2 is 1.49 bits per heavy atom. The van der Waals surface area contributed by atoms with Crippen LogP contribution in [0.25, 0.3) is 11.1 Å². The molecule has 1 fully saturated rings. The van der Waals surface area contributed by atoms with Gasteiger partial charge in [-0.1, -0.05) is 30.8 Å². The summed E-state index contributed by atoms with van der Waals surface area (Å²) in [4.78, 5) is 13.1.